The van der Waals surface area contributed by atoms with Gasteiger partial charge in [-0.3, -0.25) is 10.2 Å². The molecule has 2 aromatic rings. The molecule has 0 aliphatic heterocycles. The number of oxazole rings is 1. The van der Waals surface area contributed by atoms with E-state index in [1.165, 1.54) is 6.39 Å². The number of para-hydroxylation sites is 1. The van der Waals surface area contributed by atoms with Gasteiger partial charge in [0.15, 0.2) is 12.2 Å². The smallest absolute Gasteiger partial charge is 0.307 e. The monoisotopic (exact) mass is 309 g/mol. The first-order valence-electron chi connectivity index (χ1n) is 7.12. The first kappa shape index (κ1) is 14.8. The summed E-state index contributed by atoms with van der Waals surface area (Å²) in [6, 6.07) is 7.65. The molecule has 1 aliphatic carbocycles. The number of rotatable bonds is 5. The largest absolute Gasteiger partial charge is 0.481 e. The highest BCUT2D eigenvalue weighted by Crippen LogP contribution is 2.27. The highest BCUT2D eigenvalue weighted by atomic mass is 16.4. The number of allylic oxidation sites excluding steroid dienone is 3. The van der Waals surface area contributed by atoms with E-state index < -0.39 is 5.97 Å². The van der Waals surface area contributed by atoms with Crippen LogP contribution in [0.5, 0.6) is 0 Å². The van der Waals surface area contributed by atoms with Crippen LogP contribution in [-0.4, -0.2) is 21.8 Å². The number of hydrazone groups is 1. The Hall–Kier alpha value is -3.15. The molecule has 23 heavy (non-hydrogen) atoms. The maximum atomic E-state index is 10.7. The average Bonchev–Trinajstić information content (AvgIpc) is 3.08. The van der Waals surface area contributed by atoms with Crippen LogP contribution in [0.15, 0.2) is 70.2 Å². The van der Waals surface area contributed by atoms with Gasteiger partial charge in [-0.2, -0.15) is 5.10 Å². The molecule has 0 amide bonds. The lowest BCUT2D eigenvalue weighted by atomic mass is 10.0. The van der Waals surface area contributed by atoms with Crippen LogP contribution in [0, 0.1) is 0 Å². The van der Waals surface area contributed by atoms with Gasteiger partial charge >= 0.3 is 5.97 Å². The normalized spacial score (nSPS) is 15.5. The Morgan fingerprint density at radius 3 is 2.91 bits per heavy atom. The molecular formula is C17H15N3O3. The Morgan fingerprint density at radius 1 is 1.35 bits per heavy atom. The lowest BCUT2D eigenvalue weighted by Crippen LogP contribution is -2.04. The van der Waals surface area contributed by atoms with Crippen molar-refractivity contribution in [2.45, 2.75) is 12.8 Å². The van der Waals surface area contributed by atoms with Crippen LogP contribution < -0.4 is 5.43 Å². The molecule has 0 saturated heterocycles. The van der Waals surface area contributed by atoms with Gasteiger partial charge in [-0.15, -0.1) is 0 Å². The zero-order valence-corrected chi connectivity index (χ0v) is 12.3. The van der Waals surface area contributed by atoms with Crippen LogP contribution in [0.3, 0.4) is 0 Å². The van der Waals surface area contributed by atoms with Crippen molar-refractivity contribution in [2.75, 3.05) is 5.43 Å². The maximum Gasteiger partial charge on any atom is 0.307 e. The van der Waals surface area contributed by atoms with E-state index in [0.29, 0.717) is 12.2 Å². The predicted octanol–water partition coefficient (Wildman–Crippen LogP) is 3.47. The molecule has 6 nitrogen and oxygen atoms in total. The number of anilines is 1. The first-order valence-corrected chi connectivity index (χ1v) is 7.12. The molecule has 1 aliphatic rings. The Morgan fingerprint density at radius 2 is 2.22 bits per heavy atom. The summed E-state index contributed by atoms with van der Waals surface area (Å²) >= 11 is 0. The number of nitrogens with one attached hydrogen (secondary N) is 1. The molecule has 0 spiro atoms. The average molecular weight is 309 g/mol. The SMILES string of the molecule is O=C(O)CC1=CCC(=NNc2ccccc2-c2cnco2)C=C1. The van der Waals surface area contributed by atoms with E-state index in [0.717, 1.165) is 22.5 Å². The number of carboxylic acid groups (broad SMARTS) is 1. The van der Waals surface area contributed by atoms with Gasteiger partial charge in [0.2, 0.25) is 0 Å². The highest BCUT2D eigenvalue weighted by Gasteiger charge is 2.09. The van der Waals surface area contributed by atoms with Crippen LogP contribution in [0.1, 0.15) is 12.8 Å². The van der Waals surface area contributed by atoms with Gasteiger partial charge in [0.25, 0.3) is 0 Å². The van der Waals surface area contributed by atoms with Gasteiger partial charge < -0.3 is 9.52 Å². The van der Waals surface area contributed by atoms with Crippen molar-refractivity contribution >= 4 is 17.4 Å². The van der Waals surface area contributed by atoms with Gasteiger partial charge in [-0.25, -0.2) is 4.98 Å². The number of hydrogen-bond acceptors (Lipinski definition) is 5. The van der Waals surface area contributed by atoms with Crippen molar-refractivity contribution in [2.24, 2.45) is 5.10 Å². The van der Waals surface area contributed by atoms with E-state index in [2.05, 4.69) is 15.5 Å². The molecule has 0 unspecified atom stereocenters. The quantitative estimate of drug-likeness (QED) is 0.826. The van der Waals surface area contributed by atoms with E-state index in [1.54, 1.807) is 12.3 Å². The van der Waals surface area contributed by atoms with E-state index in [-0.39, 0.29) is 6.42 Å². The van der Waals surface area contributed by atoms with Crippen molar-refractivity contribution in [3.8, 4) is 11.3 Å². The van der Waals surface area contributed by atoms with Gasteiger partial charge in [0.1, 0.15) is 0 Å². The number of aromatic nitrogens is 1. The number of aliphatic carboxylic acids is 1. The van der Waals surface area contributed by atoms with Crippen molar-refractivity contribution in [3.05, 3.63) is 60.7 Å². The summed E-state index contributed by atoms with van der Waals surface area (Å²) in [6.45, 7) is 0. The Balaban J connectivity index is 1.72. The zero-order chi connectivity index (χ0) is 16.1. The minimum absolute atomic E-state index is 0.0333. The first-order chi connectivity index (χ1) is 11.2. The van der Waals surface area contributed by atoms with Crippen molar-refractivity contribution < 1.29 is 14.3 Å². The fourth-order valence-electron chi connectivity index (χ4n) is 2.24. The summed E-state index contributed by atoms with van der Waals surface area (Å²) in [4.78, 5) is 14.6. The van der Waals surface area contributed by atoms with E-state index in [9.17, 15) is 4.79 Å². The molecule has 0 saturated carbocycles. The molecule has 0 fully saturated rings. The third-order valence-corrected chi connectivity index (χ3v) is 3.36. The van der Waals surface area contributed by atoms with E-state index in [1.807, 2.05) is 36.4 Å². The maximum absolute atomic E-state index is 10.7. The second-order valence-corrected chi connectivity index (χ2v) is 5.01. The molecule has 0 bridgehead atoms. The Bertz CT molecular complexity index is 789. The van der Waals surface area contributed by atoms with E-state index in [4.69, 9.17) is 9.52 Å². The number of carboxylic acids is 1. The van der Waals surface area contributed by atoms with Crippen LogP contribution in [-0.2, 0) is 4.79 Å². The summed E-state index contributed by atoms with van der Waals surface area (Å²) < 4.78 is 5.32. The topological polar surface area (TPSA) is 87.7 Å². The molecule has 0 radical (unpaired) electrons. The molecule has 116 valence electrons. The molecule has 3 rings (SSSR count). The third-order valence-electron chi connectivity index (χ3n) is 3.36. The lowest BCUT2D eigenvalue weighted by molar-refractivity contribution is -0.136. The summed E-state index contributed by atoms with van der Waals surface area (Å²) in [5, 5.41) is 13.1. The molecule has 1 aromatic carbocycles. The van der Waals surface area contributed by atoms with Crippen molar-refractivity contribution in [3.63, 3.8) is 0 Å². The van der Waals surface area contributed by atoms with Crippen LogP contribution in [0.2, 0.25) is 0 Å². The Kier molecular flexibility index (Phi) is 4.33. The summed E-state index contributed by atoms with van der Waals surface area (Å²) in [6.07, 6.45) is 9.13. The summed E-state index contributed by atoms with van der Waals surface area (Å²) in [7, 11) is 0. The van der Waals surface area contributed by atoms with Crippen molar-refractivity contribution in [1.29, 1.82) is 0 Å². The molecule has 1 heterocycles. The number of carbonyl (C=O) groups is 1. The van der Waals surface area contributed by atoms with Crippen molar-refractivity contribution in [1.82, 2.24) is 4.98 Å². The molecule has 2 N–H and O–H groups in total. The second kappa shape index (κ2) is 6.74. The fraction of sp³-hybridized carbons (Fsp3) is 0.118. The molecule has 1 aromatic heterocycles. The fourth-order valence-corrected chi connectivity index (χ4v) is 2.24. The molecule has 0 atom stereocenters. The van der Waals surface area contributed by atoms with Gasteiger partial charge in [-0.1, -0.05) is 24.3 Å². The minimum Gasteiger partial charge on any atom is -0.481 e. The zero-order valence-electron chi connectivity index (χ0n) is 12.3. The number of hydrogen-bond donors (Lipinski definition) is 2. The van der Waals surface area contributed by atoms with Gasteiger partial charge in [-0.05, 0) is 23.8 Å². The molecule has 6 heteroatoms. The number of nitrogens with zero attached hydrogens (tertiary/aromatic N) is 2. The van der Waals surface area contributed by atoms with Gasteiger partial charge in [0, 0.05) is 12.0 Å². The minimum atomic E-state index is -0.833. The summed E-state index contributed by atoms with van der Waals surface area (Å²) in [5.74, 6) is -0.170. The Labute approximate surface area is 132 Å². The molecular weight excluding hydrogens is 294 g/mol. The van der Waals surface area contributed by atoms with Crippen LogP contribution in [0.25, 0.3) is 11.3 Å². The summed E-state index contributed by atoms with van der Waals surface area (Å²) in [5.41, 5.74) is 6.33. The van der Waals surface area contributed by atoms with Crippen LogP contribution in [0.4, 0.5) is 5.69 Å². The lowest BCUT2D eigenvalue weighted by Gasteiger charge is -2.09. The second-order valence-electron chi connectivity index (χ2n) is 5.01. The van der Waals surface area contributed by atoms with Crippen LogP contribution >= 0.6 is 0 Å². The highest BCUT2D eigenvalue weighted by molar-refractivity contribution is 5.98. The van der Waals surface area contributed by atoms with E-state index >= 15 is 0 Å². The predicted molar refractivity (Wildman–Crippen MR) is 87.1 cm³/mol. The number of benzene rings is 1. The standard InChI is InChI=1S/C17H15N3O3/c21-17(22)9-12-5-7-13(8-6-12)19-20-15-4-2-1-3-14(15)16-10-18-11-23-16/h1-7,10-11,20H,8-9H2,(H,21,22). The third kappa shape index (κ3) is 3.74. The van der Waals surface area contributed by atoms with Gasteiger partial charge in [0.05, 0.1) is 24.0 Å².